The molecule has 4 aromatic rings. The maximum absolute atomic E-state index is 12.7. The maximum atomic E-state index is 12.7. The molecule has 0 radical (unpaired) electrons. The van der Waals surface area contributed by atoms with Crippen molar-refractivity contribution in [2.75, 3.05) is 37.6 Å². The molecule has 5 rings (SSSR count). The monoisotopic (exact) mass is 468 g/mol. The predicted octanol–water partition coefficient (Wildman–Crippen LogP) is 5.70. The van der Waals surface area contributed by atoms with Crippen molar-refractivity contribution in [2.24, 2.45) is 5.92 Å². The fourth-order valence-corrected chi connectivity index (χ4v) is 5.06. The molecule has 0 bridgehead atoms. The van der Waals surface area contributed by atoms with E-state index < -0.39 is 0 Å². The van der Waals surface area contributed by atoms with E-state index in [0.29, 0.717) is 5.56 Å². The van der Waals surface area contributed by atoms with Crippen LogP contribution in [-0.2, 0) is 6.42 Å². The number of nitrogens with zero attached hydrogens (tertiary/aromatic N) is 4. The van der Waals surface area contributed by atoms with E-state index in [9.17, 15) is 10.1 Å². The summed E-state index contributed by atoms with van der Waals surface area (Å²) in [6, 6.07) is 16.3. The van der Waals surface area contributed by atoms with Crippen LogP contribution in [0.1, 0.15) is 42.6 Å². The highest BCUT2D eigenvalue weighted by atomic mass is 16.3. The van der Waals surface area contributed by atoms with Crippen molar-refractivity contribution >= 4 is 33.5 Å². The van der Waals surface area contributed by atoms with Crippen LogP contribution in [0.2, 0.25) is 0 Å². The summed E-state index contributed by atoms with van der Waals surface area (Å²) in [5.41, 5.74) is 4.90. The number of furan rings is 1. The number of aryl methyl sites for hydroxylation is 1. The van der Waals surface area contributed by atoms with E-state index >= 15 is 0 Å². The fourth-order valence-electron chi connectivity index (χ4n) is 5.06. The highest BCUT2D eigenvalue weighted by molar-refractivity contribution is 5.95. The number of nitriles is 1. The van der Waals surface area contributed by atoms with Crippen molar-refractivity contribution in [1.82, 2.24) is 9.47 Å². The van der Waals surface area contributed by atoms with E-state index in [0.717, 1.165) is 79.4 Å². The van der Waals surface area contributed by atoms with Gasteiger partial charge in [0.05, 0.1) is 23.4 Å². The molecule has 6 nitrogen and oxygen atoms in total. The second kappa shape index (κ2) is 9.97. The lowest BCUT2D eigenvalue weighted by molar-refractivity contribution is 0.0860. The van der Waals surface area contributed by atoms with Crippen molar-refractivity contribution in [3.63, 3.8) is 0 Å². The molecule has 35 heavy (non-hydrogen) atoms. The summed E-state index contributed by atoms with van der Waals surface area (Å²) in [6.07, 6.45) is 6.82. The molecule has 1 aliphatic rings. The first-order valence-corrected chi connectivity index (χ1v) is 12.6. The topological polar surface area (TPSA) is 65.4 Å². The van der Waals surface area contributed by atoms with Gasteiger partial charge in [-0.3, -0.25) is 14.3 Å². The summed E-state index contributed by atoms with van der Waals surface area (Å²) < 4.78 is 7.24. The minimum atomic E-state index is -0.0747. The van der Waals surface area contributed by atoms with Gasteiger partial charge in [0.2, 0.25) is 5.91 Å². The minimum Gasteiger partial charge on any atom is -0.464 e. The lowest BCUT2D eigenvalue weighted by Crippen LogP contribution is -2.46. The summed E-state index contributed by atoms with van der Waals surface area (Å²) >= 11 is 0. The standard InChI is InChI=1S/C29H32N4O2/c1-21(2)29(34)33-20-24(26-17-22(19-30)6-8-27(26)33)5-3-4-11-31-12-14-32(15-13-31)25-7-9-28-23(18-25)10-16-35-28/h6-10,16-18,20-21H,3-5,11-15H2,1-2H3. The van der Waals surface area contributed by atoms with Crippen molar-refractivity contribution < 1.29 is 9.21 Å². The van der Waals surface area contributed by atoms with E-state index in [2.05, 4.69) is 34.1 Å². The Kier molecular flexibility index (Phi) is 6.61. The van der Waals surface area contributed by atoms with Gasteiger partial charge in [0.1, 0.15) is 5.58 Å². The number of hydrogen-bond acceptors (Lipinski definition) is 5. The Hall–Kier alpha value is -3.56. The van der Waals surface area contributed by atoms with Gasteiger partial charge >= 0.3 is 0 Å². The average molecular weight is 469 g/mol. The van der Waals surface area contributed by atoms with Crippen LogP contribution in [0.15, 0.2) is 59.3 Å². The highest BCUT2D eigenvalue weighted by Gasteiger charge is 2.19. The Balaban J connectivity index is 1.16. The van der Waals surface area contributed by atoms with Crippen LogP contribution in [0.3, 0.4) is 0 Å². The van der Waals surface area contributed by atoms with E-state index in [-0.39, 0.29) is 11.8 Å². The largest absolute Gasteiger partial charge is 0.464 e. The van der Waals surface area contributed by atoms with Crippen LogP contribution < -0.4 is 4.90 Å². The van der Waals surface area contributed by atoms with Crippen molar-refractivity contribution in [3.8, 4) is 6.07 Å². The van der Waals surface area contributed by atoms with Crippen LogP contribution in [-0.4, -0.2) is 48.1 Å². The van der Waals surface area contributed by atoms with Gasteiger partial charge in [-0.25, -0.2) is 0 Å². The smallest absolute Gasteiger partial charge is 0.233 e. The molecule has 2 aromatic carbocycles. The van der Waals surface area contributed by atoms with Gasteiger partial charge in [0.25, 0.3) is 0 Å². The molecule has 6 heteroatoms. The molecule has 0 atom stereocenters. The van der Waals surface area contributed by atoms with Gasteiger partial charge < -0.3 is 9.32 Å². The normalized spacial score (nSPS) is 14.7. The van der Waals surface area contributed by atoms with E-state index in [1.807, 2.05) is 38.2 Å². The van der Waals surface area contributed by atoms with Crippen LogP contribution >= 0.6 is 0 Å². The molecule has 0 unspecified atom stereocenters. The molecule has 0 aliphatic carbocycles. The zero-order valence-electron chi connectivity index (χ0n) is 20.5. The second-order valence-corrected chi connectivity index (χ2v) is 9.79. The summed E-state index contributed by atoms with van der Waals surface area (Å²) in [4.78, 5) is 17.7. The highest BCUT2D eigenvalue weighted by Crippen LogP contribution is 2.26. The first-order chi connectivity index (χ1) is 17.0. The SMILES string of the molecule is CC(C)C(=O)n1cc(CCCCN2CCN(c3ccc4occc4c3)CC2)c2cc(C#N)ccc21. The van der Waals surface area contributed by atoms with E-state index in [1.54, 1.807) is 16.9 Å². The van der Waals surface area contributed by atoms with Crippen LogP contribution in [0.5, 0.6) is 0 Å². The zero-order chi connectivity index (χ0) is 24.4. The van der Waals surface area contributed by atoms with E-state index in [4.69, 9.17) is 4.42 Å². The maximum Gasteiger partial charge on any atom is 0.233 e. The lowest BCUT2D eigenvalue weighted by Gasteiger charge is -2.36. The van der Waals surface area contributed by atoms with Gasteiger partial charge in [-0.2, -0.15) is 5.26 Å². The third-order valence-electron chi connectivity index (χ3n) is 7.09. The Morgan fingerprint density at radius 3 is 2.66 bits per heavy atom. The molecule has 180 valence electrons. The van der Waals surface area contributed by atoms with Crippen LogP contribution in [0, 0.1) is 17.2 Å². The van der Waals surface area contributed by atoms with Gasteiger partial charge in [0, 0.05) is 54.8 Å². The third-order valence-corrected chi connectivity index (χ3v) is 7.09. The van der Waals surface area contributed by atoms with Gasteiger partial charge in [-0.15, -0.1) is 0 Å². The van der Waals surface area contributed by atoms with Crippen LogP contribution in [0.25, 0.3) is 21.9 Å². The number of hydrogen-bond donors (Lipinski definition) is 0. The molecule has 0 spiro atoms. The molecule has 1 aliphatic heterocycles. The molecular weight excluding hydrogens is 436 g/mol. The summed E-state index contributed by atoms with van der Waals surface area (Å²) in [6.45, 7) is 9.13. The van der Waals surface area contributed by atoms with Crippen molar-refractivity contribution in [3.05, 3.63) is 66.1 Å². The van der Waals surface area contributed by atoms with Crippen molar-refractivity contribution in [1.29, 1.82) is 5.26 Å². The molecule has 1 saturated heterocycles. The summed E-state index contributed by atoms with van der Waals surface area (Å²) in [7, 11) is 0. The Morgan fingerprint density at radius 1 is 1.06 bits per heavy atom. The number of unbranched alkanes of at least 4 members (excludes halogenated alkanes) is 1. The van der Waals surface area contributed by atoms with Gasteiger partial charge in [-0.05, 0) is 73.8 Å². The fraction of sp³-hybridized carbons (Fsp3) is 0.379. The minimum absolute atomic E-state index is 0.0747. The Labute approximate surface area is 206 Å². The second-order valence-electron chi connectivity index (χ2n) is 9.79. The molecule has 0 N–H and O–H groups in total. The Bertz CT molecular complexity index is 1380. The van der Waals surface area contributed by atoms with Gasteiger partial charge in [0.15, 0.2) is 0 Å². The molecule has 2 aromatic heterocycles. The number of carbonyl (C=O) groups is 1. The summed E-state index contributed by atoms with van der Waals surface area (Å²) in [5.74, 6) is 0.0186. The lowest BCUT2D eigenvalue weighted by atomic mass is 10.0. The first kappa shape index (κ1) is 23.2. The number of benzene rings is 2. The molecule has 3 heterocycles. The number of piperazine rings is 1. The number of anilines is 1. The molecule has 1 fully saturated rings. The van der Waals surface area contributed by atoms with Crippen LogP contribution in [0.4, 0.5) is 5.69 Å². The Morgan fingerprint density at radius 2 is 1.89 bits per heavy atom. The summed E-state index contributed by atoms with van der Waals surface area (Å²) in [5, 5.41) is 11.5. The van der Waals surface area contributed by atoms with Gasteiger partial charge in [-0.1, -0.05) is 13.8 Å². The molecular formula is C29H32N4O2. The zero-order valence-corrected chi connectivity index (χ0v) is 20.5. The predicted molar refractivity (Wildman–Crippen MR) is 140 cm³/mol. The number of aromatic nitrogens is 1. The number of rotatable bonds is 7. The third kappa shape index (κ3) is 4.82. The van der Waals surface area contributed by atoms with E-state index in [1.165, 1.54) is 5.69 Å². The number of carbonyl (C=O) groups excluding carboxylic acids is 1. The quantitative estimate of drug-likeness (QED) is 0.326. The average Bonchev–Trinajstić information content (AvgIpc) is 3.50. The first-order valence-electron chi connectivity index (χ1n) is 12.6. The molecule has 0 amide bonds. The number of fused-ring (bicyclic) bond motifs is 2. The van der Waals surface area contributed by atoms with Crippen molar-refractivity contribution in [2.45, 2.75) is 33.1 Å². The molecule has 0 saturated carbocycles.